The van der Waals surface area contributed by atoms with Crippen molar-refractivity contribution in [2.75, 3.05) is 52.7 Å². The average molecular weight is 517 g/mol. The van der Waals surface area contributed by atoms with E-state index in [4.69, 9.17) is 24.1 Å². The van der Waals surface area contributed by atoms with E-state index in [0.29, 0.717) is 44.6 Å². The van der Waals surface area contributed by atoms with E-state index in [0.717, 1.165) is 30.1 Å². The largest absolute Gasteiger partial charge is 0.477 e. The number of aliphatic hydroxyl groups excluding tert-OH is 1. The fraction of sp³-hybridized carbons (Fsp3) is 0.704. The van der Waals surface area contributed by atoms with Gasteiger partial charge >= 0.3 is 6.09 Å². The molecular weight excluding hydrogens is 480 g/mol. The highest BCUT2D eigenvalue weighted by molar-refractivity contribution is 5.90. The van der Waals surface area contributed by atoms with E-state index in [1.165, 1.54) is 12.8 Å². The number of rotatable bonds is 11. The number of Topliss-reactive ketones (excluding diaryl/α,β-unsaturated/α-hetero) is 1. The Morgan fingerprint density at radius 3 is 2.76 bits per heavy atom. The van der Waals surface area contributed by atoms with Crippen LogP contribution in [-0.4, -0.2) is 97.4 Å². The van der Waals surface area contributed by atoms with E-state index in [1.807, 2.05) is 6.07 Å². The zero-order valence-electron chi connectivity index (χ0n) is 21.1. The van der Waals surface area contributed by atoms with Crippen LogP contribution in [0.3, 0.4) is 0 Å². The van der Waals surface area contributed by atoms with Crippen molar-refractivity contribution >= 4 is 11.9 Å². The van der Waals surface area contributed by atoms with Crippen molar-refractivity contribution < 1.29 is 38.7 Å². The van der Waals surface area contributed by atoms with Crippen LogP contribution in [0, 0.1) is 5.92 Å². The molecule has 1 saturated heterocycles. The van der Waals surface area contributed by atoms with Gasteiger partial charge in [-0.15, -0.1) is 0 Å². The number of amides is 1. The molecule has 5 aliphatic rings. The molecule has 3 aliphatic carbocycles. The highest BCUT2D eigenvalue weighted by Gasteiger charge is 2.73. The van der Waals surface area contributed by atoms with Crippen LogP contribution in [0.1, 0.15) is 43.2 Å². The first kappa shape index (κ1) is 25.1. The number of hydrogen-bond acceptors (Lipinski definition) is 9. The van der Waals surface area contributed by atoms with Crippen LogP contribution in [-0.2, 0) is 26.1 Å². The lowest BCUT2D eigenvalue weighted by Crippen LogP contribution is -2.76. The van der Waals surface area contributed by atoms with Gasteiger partial charge in [0, 0.05) is 31.1 Å². The maximum absolute atomic E-state index is 13.1. The van der Waals surface area contributed by atoms with Gasteiger partial charge in [0.15, 0.2) is 23.4 Å². The van der Waals surface area contributed by atoms with E-state index < -0.39 is 23.2 Å². The van der Waals surface area contributed by atoms with Crippen LogP contribution >= 0.6 is 0 Å². The summed E-state index contributed by atoms with van der Waals surface area (Å²) < 4.78 is 22.5. The lowest BCUT2D eigenvalue weighted by atomic mass is 9.49. The number of ether oxygens (including phenoxy) is 4. The van der Waals surface area contributed by atoms with E-state index >= 15 is 0 Å². The summed E-state index contributed by atoms with van der Waals surface area (Å²) >= 11 is 0. The predicted octanol–water partition coefficient (Wildman–Crippen LogP) is 0.934. The second-order valence-electron chi connectivity index (χ2n) is 11.0. The van der Waals surface area contributed by atoms with Gasteiger partial charge in [0.1, 0.15) is 0 Å². The Bertz CT molecular complexity index is 1060. The van der Waals surface area contributed by atoms with Crippen molar-refractivity contribution in [3.63, 3.8) is 0 Å². The minimum atomic E-state index is -1.05. The van der Waals surface area contributed by atoms with Gasteiger partial charge in [-0.2, -0.15) is 0 Å². The Morgan fingerprint density at radius 2 is 1.97 bits per heavy atom. The van der Waals surface area contributed by atoms with Gasteiger partial charge in [0.05, 0.1) is 44.1 Å². The highest BCUT2D eigenvalue weighted by Crippen LogP contribution is 2.65. The molecule has 2 aliphatic heterocycles. The quantitative estimate of drug-likeness (QED) is 0.368. The maximum atomic E-state index is 13.1. The number of hydrogen-bond donors (Lipinski definition) is 3. The third-order valence-corrected chi connectivity index (χ3v) is 8.87. The summed E-state index contributed by atoms with van der Waals surface area (Å²) in [6, 6.07) is 3.67. The van der Waals surface area contributed by atoms with E-state index in [9.17, 15) is 14.7 Å². The number of aliphatic hydroxyl groups is 2. The molecule has 202 valence electrons. The van der Waals surface area contributed by atoms with Crippen molar-refractivity contribution in [3.05, 3.63) is 23.3 Å². The molecule has 0 radical (unpaired) electrons. The monoisotopic (exact) mass is 516 g/mol. The number of carbonyl (C=O) groups excluding carboxylic acids is 2. The maximum Gasteiger partial charge on any atom is 0.412 e. The fourth-order valence-electron chi connectivity index (χ4n) is 7.08. The van der Waals surface area contributed by atoms with Crippen LogP contribution in [0.2, 0.25) is 0 Å². The number of likely N-dealkylation sites (tertiary alicyclic amines) is 1. The smallest absolute Gasteiger partial charge is 0.412 e. The predicted molar refractivity (Wildman–Crippen MR) is 131 cm³/mol. The molecule has 37 heavy (non-hydrogen) atoms. The van der Waals surface area contributed by atoms with E-state index in [1.54, 1.807) is 6.07 Å². The number of piperidine rings is 1. The van der Waals surface area contributed by atoms with Crippen LogP contribution in [0.25, 0.3) is 0 Å². The van der Waals surface area contributed by atoms with Gasteiger partial charge in [-0.1, -0.05) is 6.07 Å². The van der Waals surface area contributed by atoms with Gasteiger partial charge in [-0.3, -0.25) is 9.69 Å². The van der Waals surface area contributed by atoms with Gasteiger partial charge in [0.2, 0.25) is 0 Å². The van der Waals surface area contributed by atoms with Crippen LogP contribution in [0.15, 0.2) is 12.1 Å². The molecule has 2 heterocycles. The number of ketones is 1. The Morgan fingerprint density at radius 1 is 1.16 bits per heavy atom. The second kappa shape index (κ2) is 9.81. The molecule has 0 unspecified atom stereocenters. The minimum Gasteiger partial charge on any atom is -0.477 e. The Kier molecular flexibility index (Phi) is 6.65. The molecule has 6 rings (SSSR count). The normalized spacial score (nSPS) is 31.6. The molecule has 10 heteroatoms. The summed E-state index contributed by atoms with van der Waals surface area (Å²) in [5, 5.41) is 23.7. The zero-order valence-corrected chi connectivity index (χ0v) is 21.1. The summed E-state index contributed by atoms with van der Waals surface area (Å²) in [5.41, 5.74) is 0.104. The molecule has 1 amide bonds. The zero-order chi connectivity index (χ0) is 25.6. The number of carbonyl (C=O) groups is 2. The summed E-state index contributed by atoms with van der Waals surface area (Å²) in [6.45, 7) is 3.34. The van der Waals surface area contributed by atoms with Crippen LogP contribution < -0.4 is 14.8 Å². The molecule has 10 nitrogen and oxygen atoms in total. The summed E-state index contributed by atoms with van der Waals surface area (Å²) in [4.78, 5) is 28.1. The first-order chi connectivity index (χ1) is 18.0. The Balaban J connectivity index is 1.18. The Hall–Kier alpha value is -2.24. The molecule has 3 N–H and O–H groups in total. The summed E-state index contributed by atoms with van der Waals surface area (Å²) in [7, 11) is 0. The Labute approximate surface area is 216 Å². The van der Waals surface area contributed by atoms with Crippen molar-refractivity contribution in [1.82, 2.24) is 10.2 Å². The second-order valence-corrected chi connectivity index (χ2v) is 11.0. The third-order valence-electron chi connectivity index (χ3n) is 8.87. The molecule has 3 fully saturated rings. The summed E-state index contributed by atoms with van der Waals surface area (Å²) in [5.74, 6) is 1.43. The molecule has 1 spiro atoms. The molecular formula is C27H36N2O8. The number of nitrogens with zero attached hydrogens (tertiary/aromatic N) is 1. The molecule has 1 aromatic rings. The fourth-order valence-corrected chi connectivity index (χ4v) is 7.08. The van der Waals surface area contributed by atoms with Gasteiger partial charge < -0.3 is 34.5 Å². The van der Waals surface area contributed by atoms with Crippen LogP contribution in [0.5, 0.6) is 11.5 Å². The lowest BCUT2D eigenvalue weighted by molar-refractivity contribution is -0.188. The minimum absolute atomic E-state index is 0.0126. The lowest BCUT2D eigenvalue weighted by Gasteiger charge is -2.62. The SMILES string of the molecule is O=C(NCCOCCOCCO)Oc1ccc2c3c1O[C@H]1C(=O)CC[C@@]4(O)[C@@H](C2)N(CC2CC2)CC[C@]314. The molecule has 0 aromatic heterocycles. The molecule has 2 bridgehead atoms. The van der Waals surface area contributed by atoms with Gasteiger partial charge in [0.25, 0.3) is 0 Å². The van der Waals surface area contributed by atoms with Crippen LogP contribution in [0.4, 0.5) is 4.79 Å². The number of benzene rings is 1. The van der Waals surface area contributed by atoms with Gasteiger partial charge in [-0.25, -0.2) is 4.79 Å². The van der Waals surface area contributed by atoms with Crippen molar-refractivity contribution in [2.24, 2.45) is 5.92 Å². The van der Waals surface area contributed by atoms with Crippen molar-refractivity contribution in [3.8, 4) is 11.5 Å². The standard InChI is InChI=1S/C27H36N2O8/c30-10-12-35-14-13-34-11-8-28-25(32)36-20-4-3-18-15-21-27(33)6-5-19(31)24-26(27,22(18)23(20)37-24)7-9-29(21)16-17-1-2-17/h3-4,17,21,24,30,33H,1-2,5-16H2,(H,28,32)/t21-,24+,26+,27-/m1/s1. The number of nitrogens with one attached hydrogen (secondary N) is 1. The molecule has 2 saturated carbocycles. The van der Waals surface area contributed by atoms with Crippen molar-refractivity contribution in [1.29, 1.82) is 0 Å². The molecule has 4 atom stereocenters. The average Bonchev–Trinajstić information content (AvgIpc) is 3.62. The van der Waals surface area contributed by atoms with Crippen molar-refractivity contribution in [2.45, 2.75) is 61.7 Å². The van der Waals surface area contributed by atoms with Gasteiger partial charge in [-0.05, 0) is 56.2 Å². The first-order valence-electron chi connectivity index (χ1n) is 13.5. The first-order valence-corrected chi connectivity index (χ1v) is 13.5. The summed E-state index contributed by atoms with van der Waals surface area (Å²) in [6.07, 6.45) is 3.20. The van der Waals surface area contributed by atoms with E-state index in [2.05, 4.69) is 10.2 Å². The topological polar surface area (TPSA) is 127 Å². The molecule has 1 aromatic carbocycles. The van der Waals surface area contributed by atoms with E-state index in [-0.39, 0.29) is 43.9 Å². The third kappa shape index (κ3) is 4.13. The highest BCUT2D eigenvalue weighted by atomic mass is 16.6.